The van der Waals surface area contributed by atoms with Crippen molar-refractivity contribution in [3.05, 3.63) is 80.4 Å². The molecule has 2 unspecified atom stereocenters. The van der Waals surface area contributed by atoms with Crippen LogP contribution in [0.3, 0.4) is 0 Å². The van der Waals surface area contributed by atoms with Gasteiger partial charge in [0.2, 0.25) is 13.2 Å². The number of carbonyl (C=O) groups is 2. The lowest BCUT2D eigenvalue weighted by atomic mass is 10.2. The van der Waals surface area contributed by atoms with Gasteiger partial charge in [-0.05, 0) is 19.1 Å². The molecule has 0 saturated heterocycles. The SMILES string of the molecule is COC(=O)C(OCCn1cc(Cn2cc(C)c(=O)n(C(=O)c3ccccc3)c2=O)nn1)P(C)(=O)OC. The lowest BCUT2D eigenvalue weighted by Gasteiger charge is -2.20. The molecule has 0 N–H and O–H groups in total. The normalized spacial score (nSPS) is 13.7. The summed E-state index contributed by atoms with van der Waals surface area (Å²) in [6, 6.07) is 8.02. The molecule has 0 aliphatic heterocycles. The highest BCUT2D eigenvalue weighted by Gasteiger charge is 2.36. The number of carbonyl (C=O) groups excluding carboxylic acids is 2. The molecule has 0 fully saturated rings. The molecule has 1 aromatic carbocycles. The number of esters is 1. The summed E-state index contributed by atoms with van der Waals surface area (Å²) in [5.74, 6) is -2.94. The molecule has 36 heavy (non-hydrogen) atoms. The van der Waals surface area contributed by atoms with E-state index in [0.717, 1.165) is 7.11 Å². The third kappa shape index (κ3) is 5.93. The van der Waals surface area contributed by atoms with Gasteiger partial charge in [-0.1, -0.05) is 23.4 Å². The molecular weight excluding hydrogens is 493 g/mol. The Labute approximate surface area is 205 Å². The number of aromatic nitrogens is 5. The molecule has 0 saturated carbocycles. The zero-order valence-corrected chi connectivity index (χ0v) is 21.1. The second kappa shape index (κ2) is 11.4. The summed E-state index contributed by atoms with van der Waals surface area (Å²) >= 11 is 0. The molecule has 0 spiro atoms. The Kier molecular flexibility index (Phi) is 8.51. The van der Waals surface area contributed by atoms with Gasteiger partial charge in [0.15, 0.2) is 0 Å². The van der Waals surface area contributed by atoms with Crippen LogP contribution in [0.2, 0.25) is 0 Å². The molecule has 3 aromatic rings. The molecular formula is C22H26N5O8P. The van der Waals surface area contributed by atoms with Crippen LogP contribution in [0, 0.1) is 6.92 Å². The molecule has 3 rings (SSSR count). The number of hydrogen-bond acceptors (Lipinski definition) is 10. The Morgan fingerprint density at radius 1 is 1.11 bits per heavy atom. The maximum Gasteiger partial charge on any atom is 0.345 e. The Morgan fingerprint density at radius 3 is 2.44 bits per heavy atom. The Morgan fingerprint density at radius 2 is 1.81 bits per heavy atom. The number of nitrogens with zero attached hydrogens (tertiary/aromatic N) is 5. The number of benzene rings is 1. The zero-order chi connectivity index (χ0) is 26.5. The average molecular weight is 519 g/mol. The van der Waals surface area contributed by atoms with E-state index in [4.69, 9.17) is 9.26 Å². The van der Waals surface area contributed by atoms with Crippen molar-refractivity contribution in [2.24, 2.45) is 0 Å². The molecule has 0 amide bonds. The summed E-state index contributed by atoms with van der Waals surface area (Å²) < 4.78 is 30.6. The lowest BCUT2D eigenvalue weighted by molar-refractivity contribution is -0.149. The minimum atomic E-state index is -3.40. The van der Waals surface area contributed by atoms with E-state index in [-0.39, 0.29) is 30.8 Å². The van der Waals surface area contributed by atoms with Crippen LogP contribution in [-0.4, -0.2) is 69.3 Å². The van der Waals surface area contributed by atoms with Gasteiger partial charge in [-0.3, -0.25) is 18.7 Å². The van der Waals surface area contributed by atoms with Crippen LogP contribution in [-0.2, 0) is 36.4 Å². The fourth-order valence-electron chi connectivity index (χ4n) is 3.28. The van der Waals surface area contributed by atoms with E-state index in [0.29, 0.717) is 10.3 Å². The summed E-state index contributed by atoms with van der Waals surface area (Å²) in [5, 5.41) is 7.96. The van der Waals surface area contributed by atoms with Gasteiger partial charge in [-0.2, -0.15) is 4.57 Å². The van der Waals surface area contributed by atoms with Crippen LogP contribution in [0.5, 0.6) is 0 Å². The fraction of sp³-hybridized carbons (Fsp3) is 0.364. The smallest absolute Gasteiger partial charge is 0.345 e. The van der Waals surface area contributed by atoms with Crippen molar-refractivity contribution in [3.8, 4) is 0 Å². The van der Waals surface area contributed by atoms with Gasteiger partial charge < -0.3 is 14.0 Å². The summed E-state index contributed by atoms with van der Waals surface area (Å²) in [6.07, 6.45) is 2.89. The number of hydrogen-bond donors (Lipinski definition) is 0. The molecule has 2 heterocycles. The number of methoxy groups -OCH3 is 1. The van der Waals surface area contributed by atoms with E-state index in [1.54, 1.807) is 18.2 Å². The molecule has 0 aliphatic carbocycles. The summed E-state index contributed by atoms with van der Waals surface area (Å²) in [5.41, 5.74) is -0.728. The van der Waals surface area contributed by atoms with Gasteiger partial charge in [0, 0.05) is 31.1 Å². The van der Waals surface area contributed by atoms with Gasteiger partial charge in [0.1, 0.15) is 5.69 Å². The standard InChI is InChI=1S/C22H26N5O8P/c1-15-12-25(22(31)27(18(15)28)19(29)16-8-6-5-7-9-16)13-17-14-26(24-23-17)10-11-35-21(20(30)33-2)36(4,32)34-3/h5-9,12,14,21H,10-11,13H2,1-4H3. The summed E-state index contributed by atoms with van der Waals surface area (Å²) in [7, 11) is -1.04. The van der Waals surface area contributed by atoms with Gasteiger partial charge >= 0.3 is 11.7 Å². The second-order valence-corrected chi connectivity index (χ2v) is 10.5. The summed E-state index contributed by atoms with van der Waals surface area (Å²) in [6.45, 7) is 2.81. The molecule has 13 nitrogen and oxygen atoms in total. The Hall–Kier alpha value is -3.67. The van der Waals surface area contributed by atoms with Crippen molar-refractivity contribution in [3.63, 3.8) is 0 Å². The highest BCUT2D eigenvalue weighted by atomic mass is 31.2. The van der Waals surface area contributed by atoms with E-state index in [1.807, 2.05) is 0 Å². The van der Waals surface area contributed by atoms with Gasteiger partial charge in [0.25, 0.3) is 11.5 Å². The zero-order valence-electron chi connectivity index (χ0n) is 20.2. The molecule has 2 atom stereocenters. The molecule has 2 aromatic heterocycles. The first-order valence-corrected chi connectivity index (χ1v) is 12.9. The molecule has 192 valence electrons. The number of aryl methyl sites for hydroxylation is 1. The Balaban J connectivity index is 1.76. The van der Waals surface area contributed by atoms with E-state index in [2.05, 4.69) is 15.0 Å². The topological polar surface area (TPSA) is 154 Å². The van der Waals surface area contributed by atoms with Crippen LogP contribution in [0.4, 0.5) is 0 Å². The van der Waals surface area contributed by atoms with Crippen LogP contribution < -0.4 is 11.2 Å². The lowest BCUT2D eigenvalue weighted by Crippen LogP contribution is -2.44. The van der Waals surface area contributed by atoms with Gasteiger partial charge in [-0.15, -0.1) is 5.10 Å². The summed E-state index contributed by atoms with van der Waals surface area (Å²) in [4.78, 5) is 50.3. The average Bonchev–Trinajstić information content (AvgIpc) is 3.32. The quantitative estimate of drug-likeness (QED) is 0.276. The largest absolute Gasteiger partial charge is 0.467 e. The fourth-order valence-corrected chi connectivity index (χ4v) is 4.34. The van der Waals surface area contributed by atoms with Gasteiger partial charge in [0.05, 0.1) is 33.0 Å². The molecule has 14 heteroatoms. The second-order valence-electron chi connectivity index (χ2n) is 7.84. The minimum Gasteiger partial charge on any atom is -0.467 e. The van der Waals surface area contributed by atoms with Crippen molar-refractivity contribution in [1.82, 2.24) is 24.1 Å². The van der Waals surface area contributed by atoms with Crippen molar-refractivity contribution >= 4 is 19.2 Å². The third-order valence-electron chi connectivity index (χ3n) is 5.26. The van der Waals surface area contributed by atoms with Crippen molar-refractivity contribution in [2.75, 3.05) is 27.5 Å². The van der Waals surface area contributed by atoms with Crippen LogP contribution in [0.15, 0.2) is 52.3 Å². The highest BCUT2D eigenvalue weighted by Crippen LogP contribution is 2.48. The van der Waals surface area contributed by atoms with Crippen molar-refractivity contribution in [2.45, 2.75) is 25.9 Å². The maximum atomic E-state index is 13.0. The van der Waals surface area contributed by atoms with E-state index in [1.165, 1.54) is 54.5 Å². The molecule has 0 aliphatic rings. The molecule has 0 radical (unpaired) electrons. The first-order valence-electron chi connectivity index (χ1n) is 10.7. The third-order valence-corrected chi connectivity index (χ3v) is 7.19. The van der Waals surface area contributed by atoms with Crippen LogP contribution in [0.1, 0.15) is 21.6 Å². The molecule has 0 bridgehead atoms. The minimum absolute atomic E-state index is 0.0541. The van der Waals surface area contributed by atoms with Crippen LogP contribution in [0.25, 0.3) is 0 Å². The highest BCUT2D eigenvalue weighted by molar-refractivity contribution is 7.59. The van der Waals surface area contributed by atoms with E-state index in [9.17, 15) is 23.7 Å². The van der Waals surface area contributed by atoms with Crippen LogP contribution >= 0.6 is 7.37 Å². The van der Waals surface area contributed by atoms with Crippen molar-refractivity contribution < 1.29 is 28.2 Å². The monoisotopic (exact) mass is 519 g/mol. The predicted octanol–water partition coefficient (Wildman–Crippen LogP) is 0.717. The van der Waals surface area contributed by atoms with Crippen molar-refractivity contribution in [1.29, 1.82) is 0 Å². The van der Waals surface area contributed by atoms with E-state index >= 15 is 0 Å². The van der Waals surface area contributed by atoms with Gasteiger partial charge in [-0.25, -0.2) is 14.3 Å². The Bertz CT molecular complexity index is 1410. The first-order chi connectivity index (χ1) is 17.1. The van der Waals surface area contributed by atoms with E-state index < -0.39 is 36.3 Å². The maximum absolute atomic E-state index is 13.0. The number of rotatable bonds is 10. The predicted molar refractivity (Wildman–Crippen MR) is 127 cm³/mol. The number of ether oxygens (including phenoxy) is 2. The first kappa shape index (κ1) is 26.9.